The van der Waals surface area contributed by atoms with Gasteiger partial charge in [-0.1, -0.05) is 13.8 Å². The van der Waals surface area contributed by atoms with Gasteiger partial charge in [-0.05, 0) is 31.5 Å². The molecular weight excluding hydrogens is 296 g/mol. The summed E-state index contributed by atoms with van der Waals surface area (Å²) in [4.78, 5) is 0. The summed E-state index contributed by atoms with van der Waals surface area (Å²) in [5.74, 6) is 0.513. The van der Waals surface area contributed by atoms with Crippen molar-refractivity contribution in [1.82, 2.24) is 10.0 Å². The van der Waals surface area contributed by atoms with Crippen molar-refractivity contribution in [3.05, 3.63) is 17.9 Å². The van der Waals surface area contributed by atoms with Gasteiger partial charge in [0.05, 0.1) is 25.3 Å². The number of sulfonamides is 1. The lowest BCUT2D eigenvalue weighted by Gasteiger charge is -2.28. The second kappa shape index (κ2) is 7.90. The Morgan fingerprint density at radius 1 is 1.24 bits per heavy atom. The number of furan rings is 1. The largest absolute Gasteiger partial charge is 0.447 e. The van der Waals surface area contributed by atoms with E-state index in [9.17, 15) is 18.6 Å². The quantitative estimate of drug-likeness (QED) is 0.458. The number of hydrogen-bond donors (Lipinski definition) is 4. The van der Waals surface area contributed by atoms with Crippen LogP contribution in [0, 0.1) is 0 Å². The molecule has 0 bridgehead atoms. The van der Waals surface area contributed by atoms with Crippen molar-refractivity contribution in [2.75, 3.05) is 19.8 Å². The minimum absolute atomic E-state index is 0.226. The number of aliphatic hydroxyl groups is 2. The molecule has 0 unspecified atom stereocenters. The molecule has 0 fully saturated rings. The van der Waals surface area contributed by atoms with Crippen molar-refractivity contribution in [3.8, 4) is 0 Å². The van der Waals surface area contributed by atoms with Gasteiger partial charge in [0.1, 0.15) is 5.76 Å². The maximum Gasteiger partial charge on any atom is 0.274 e. The summed E-state index contributed by atoms with van der Waals surface area (Å²) >= 11 is 0. The van der Waals surface area contributed by atoms with E-state index in [0.29, 0.717) is 12.3 Å². The Bertz CT molecular complexity index is 514. The zero-order chi connectivity index (χ0) is 15.9. The van der Waals surface area contributed by atoms with Crippen LogP contribution in [0.25, 0.3) is 0 Å². The van der Waals surface area contributed by atoms with Crippen molar-refractivity contribution in [2.45, 2.75) is 43.9 Å². The van der Waals surface area contributed by atoms with Gasteiger partial charge in [-0.25, -0.2) is 8.42 Å². The topological polar surface area (TPSA) is 112 Å². The predicted octanol–water partition coefficient (Wildman–Crippen LogP) is 0.191. The molecule has 1 aromatic heterocycles. The average molecular weight is 320 g/mol. The summed E-state index contributed by atoms with van der Waals surface area (Å²) in [5, 5.41) is 21.5. The molecule has 21 heavy (non-hydrogen) atoms. The van der Waals surface area contributed by atoms with E-state index in [2.05, 4.69) is 10.0 Å². The van der Waals surface area contributed by atoms with Gasteiger partial charge >= 0.3 is 0 Å². The van der Waals surface area contributed by atoms with Crippen LogP contribution in [0.15, 0.2) is 21.6 Å². The third-order valence-corrected chi connectivity index (χ3v) is 4.71. The minimum Gasteiger partial charge on any atom is -0.447 e. The molecule has 0 radical (unpaired) electrons. The number of rotatable bonds is 10. The van der Waals surface area contributed by atoms with Crippen molar-refractivity contribution in [1.29, 1.82) is 0 Å². The summed E-state index contributed by atoms with van der Waals surface area (Å²) in [6.07, 6.45) is 1.23. The number of nitrogens with one attached hydrogen (secondary N) is 2. The van der Waals surface area contributed by atoms with Crippen molar-refractivity contribution >= 4 is 10.0 Å². The maximum atomic E-state index is 12.2. The molecule has 0 aliphatic carbocycles. The fourth-order valence-corrected chi connectivity index (χ4v) is 3.14. The lowest BCUT2D eigenvalue weighted by atomic mass is 10.0. The van der Waals surface area contributed by atoms with Gasteiger partial charge in [0.25, 0.3) is 10.0 Å². The summed E-state index contributed by atoms with van der Waals surface area (Å²) in [5.41, 5.74) is -1.29. The van der Waals surface area contributed by atoms with Crippen molar-refractivity contribution < 1.29 is 23.0 Å². The minimum atomic E-state index is -3.93. The van der Waals surface area contributed by atoms with E-state index in [-0.39, 0.29) is 11.5 Å². The van der Waals surface area contributed by atoms with E-state index in [1.54, 1.807) is 13.0 Å². The number of aliphatic hydroxyl groups excluding tert-OH is 2. The van der Waals surface area contributed by atoms with Crippen LogP contribution in [-0.4, -0.2) is 43.9 Å². The molecule has 0 aliphatic rings. The zero-order valence-corrected chi connectivity index (χ0v) is 13.2. The molecule has 8 heteroatoms. The fraction of sp³-hybridized carbons (Fsp3) is 0.692. The molecule has 1 heterocycles. The van der Waals surface area contributed by atoms with Crippen LogP contribution in [0.4, 0.5) is 0 Å². The van der Waals surface area contributed by atoms with Crippen molar-refractivity contribution in [3.63, 3.8) is 0 Å². The Labute approximate surface area is 125 Å². The fourth-order valence-electron chi connectivity index (χ4n) is 1.73. The highest BCUT2D eigenvalue weighted by Crippen LogP contribution is 2.18. The van der Waals surface area contributed by atoms with E-state index < -0.39 is 28.8 Å². The maximum absolute atomic E-state index is 12.2. The third-order valence-electron chi connectivity index (χ3n) is 3.26. The van der Waals surface area contributed by atoms with Crippen LogP contribution in [0.1, 0.15) is 32.4 Å². The Kier molecular flexibility index (Phi) is 6.82. The molecule has 7 nitrogen and oxygen atoms in total. The molecule has 0 amide bonds. The van der Waals surface area contributed by atoms with Crippen LogP contribution in [-0.2, 0) is 16.6 Å². The predicted molar refractivity (Wildman–Crippen MR) is 78.2 cm³/mol. The molecule has 0 spiro atoms. The van der Waals surface area contributed by atoms with Crippen molar-refractivity contribution in [2.24, 2.45) is 0 Å². The average Bonchev–Trinajstić information content (AvgIpc) is 2.95. The molecule has 0 saturated carbocycles. The van der Waals surface area contributed by atoms with Crippen LogP contribution in [0.5, 0.6) is 0 Å². The molecule has 0 atom stereocenters. The first-order valence-corrected chi connectivity index (χ1v) is 8.46. The standard InChI is InChI=1S/C13H24N2O5S/c1-3-7-14-8-11-5-6-12(20-11)21(18,19)15-13(4-2,9-16)10-17/h5-6,14-17H,3-4,7-10H2,1-2H3. The van der Waals surface area contributed by atoms with Gasteiger partial charge in [-0.15, -0.1) is 0 Å². The Morgan fingerprint density at radius 2 is 1.90 bits per heavy atom. The highest BCUT2D eigenvalue weighted by Gasteiger charge is 2.34. The third kappa shape index (κ3) is 4.79. The summed E-state index contributed by atoms with van der Waals surface area (Å²) in [7, 11) is -3.93. The lowest BCUT2D eigenvalue weighted by molar-refractivity contribution is 0.105. The lowest BCUT2D eigenvalue weighted by Crippen LogP contribution is -2.53. The van der Waals surface area contributed by atoms with Crippen LogP contribution < -0.4 is 10.0 Å². The molecule has 0 aromatic carbocycles. The first kappa shape index (κ1) is 18.1. The smallest absolute Gasteiger partial charge is 0.274 e. The summed E-state index contributed by atoms with van der Waals surface area (Å²) in [6.45, 7) is 3.98. The molecule has 1 aromatic rings. The van der Waals surface area contributed by atoms with Gasteiger partial charge in [0.2, 0.25) is 5.09 Å². The van der Waals surface area contributed by atoms with Gasteiger partial charge < -0.3 is 19.9 Å². The Morgan fingerprint density at radius 3 is 2.43 bits per heavy atom. The Balaban J connectivity index is 2.83. The van der Waals surface area contributed by atoms with E-state index >= 15 is 0 Å². The summed E-state index contributed by atoms with van der Waals surface area (Å²) < 4.78 is 32.0. The Hall–Kier alpha value is -0.930. The van der Waals surface area contributed by atoms with Crippen LogP contribution in [0.2, 0.25) is 0 Å². The van der Waals surface area contributed by atoms with Gasteiger partial charge in [-0.2, -0.15) is 4.72 Å². The number of hydrogen-bond acceptors (Lipinski definition) is 6. The first-order chi connectivity index (χ1) is 9.93. The molecule has 4 N–H and O–H groups in total. The van der Waals surface area contributed by atoms with Gasteiger partial charge in [0.15, 0.2) is 0 Å². The van der Waals surface area contributed by atoms with Gasteiger partial charge in [-0.3, -0.25) is 0 Å². The highest BCUT2D eigenvalue weighted by molar-refractivity contribution is 7.89. The first-order valence-electron chi connectivity index (χ1n) is 6.98. The van der Waals surface area contributed by atoms with E-state index in [4.69, 9.17) is 4.42 Å². The molecule has 0 saturated heterocycles. The molecular formula is C13H24N2O5S. The molecule has 1 rings (SSSR count). The van der Waals surface area contributed by atoms with E-state index in [0.717, 1.165) is 13.0 Å². The molecule has 0 aliphatic heterocycles. The van der Waals surface area contributed by atoms with E-state index in [1.807, 2.05) is 6.92 Å². The molecule has 122 valence electrons. The monoisotopic (exact) mass is 320 g/mol. The second-order valence-corrected chi connectivity index (χ2v) is 6.57. The normalized spacial score (nSPS) is 12.8. The van der Waals surface area contributed by atoms with Gasteiger partial charge in [0, 0.05) is 0 Å². The zero-order valence-electron chi connectivity index (χ0n) is 12.4. The summed E-state index contributed by atoms with van der Waals surface area (Å²) in [6, 6.07) is 2.95. The second-order valence-electron chi connectivity index (χ2n) is 4.95. The highest BCUT2D eigenvalue weighted by atomic mass is 32.2. The van der Waals surface area contributed by atoms with Crippen LogP contribution >= 0.6 is 0 Å². The SMILES string of the molecule is CCCNCc1ccc(S(=O)(=O)NC(CC)(CO)CO)o1. The van der Waals surface area contributed by atoms with Crippen LogP contribution in [0.3, 0.4) is 0 Å². The van der Waals surface area contributed by atoms with E-state index in [1.165, 1.54) is 6.07 Å².